The van der Waals surface area contributed by atoms with Gasteiger partial charge in [-0.1, -0.05) is 18.2 Å². The molecule has 1 fully saturated rings. The fourth-order valence-corrected chi connectivity index (χ4v) is 4.79. The van der Waals surface area contributed by atoms with E-state index >= 15 is 0 Å². The van der Waals surface area contributed by atoms with E-state index in [2.05, 4.69) is 45.3 Å². The molecule has 2 aliphatic rings. The smallest absolute Gasteiger partial charge is 0.214 e. The third-order valence-electron chi connectivity index (χ3n) is 6.79. The summed E-state index contributed by atoms with van der Waals surface area (Å²) in [6, 6.07) is 16.4. The fraction of sp³-hybridized carbons (Fsp3) is 0.333. The van der Waals surface area contributed by atoms with Crippen molar-refractivity contribution in [2.24, 2.45) is 11.0 Å². The minimum atomic E-state index is 0.506. The molecule has 35 heavy (non-hydrogen) atoms. The first-order valence-corrected chi connectivity index (χ1v) is 11.9. The molecule has 0 unspecified atom stereocenters. The third kappa shape index (κ3) is 4.20. The number of benzene rings is 2. The van der Waals surface area contributed by atoms with Crippen molar-refractivity contribution in [3.05, 3.63) is 60.6 Å². The Morgan fingerprint density at radius 2 is 1.86 bits per heavy atom. The second-order valence-corrected chi connectivity index (χ2v) is 8.99. The molecular weight excluding hydrogens is 444 g/mol. The molecule has 0 radical (unpaired) electrons. The highest BCUT2D eigenvalue weighted by atomic mass is 16.5. The van der Waals surface area contributed by atoms with Crippen LogP contribution in [0.15, 0.2) is 64.2 Å². The number of hydrogen-bond acceptors (Lipinski definition) is 7. The molecule has 0 atom stereocenters. The van der Waals surface area contributed by atoms with E-state index in [0.29, 0.717) is 41.9 Å². The lowest BCUT2D eigenvalue weighted by Crippen LogP contribution is -2.35. The van der Waals surface area contributed by atoms with Crippen molar-refractivity contribution < 1.29 is 18.6 Å². The second-order valence-electron chi connectivity index (χ2n) is 8.99. The van der Waals surface area contributed by atoms with Gasteiger partial charge in [0.15, 0.2) is 5.76 Å². The summed E-state index contributed by atoms with van der Waals surface area (Å²) in [4.78, 5) is 7.13. The number of methoxy groups -OCH3 is 2. The number of anilines is 1. The van der Waals surface area contributed by atoms with Gasteiger partial charge in [-0.25, -0.2) is 9.66 Å². The molecule has 0 aliphatic carbocycles. The van der Waals surface area contributed by atoms with Crippen LogP contribution >= 0.6 is 0 Å². The lowest BCUT2D eigenvalue weighted by molar-refractivity contribution is 0.224. The molecule has 8 nitrogen and oxygen atoms in total. The van der Waals surface area contributed by atoms with Gasteiger partial charge in [0.25, 0.3) is 0 Å². The third-order valence-corrected chi connectivity index (χ3v) is 6.79. The maximum atomic E-state index is 6.36. The summed E-state index contributed by atoms with van der Waals surface area (Å²) in [7, 11) is 3.27. The van der Waals surface area contributed by atoms with Crippen LogP contribution in [0.2, 0.25) is 0 Å². The summed E-state index contributed by atoms with van der Waals surface area (Å²) < 4.78 is 25.0. The lowest BCUT2D eigenvalue weighted by Gasteiger charge is -2.33. The normalized spacial score (nSPS) is 15.8. The van der Waals surface area contributed by atoms with Crippen LogP contribution in [0.1, 0.15) is 18.7 Å². The van der Waals surface area contributed by atoms with Gasteiger partial charge in [-0.15, -0.1) is 5.10 Å². The van der Waals surface area contributed by atoms with Gasteiger partial charge < -0.3 is 23.5 Å². The maximum Gasteiger partial charge on any atom is 0.214 e. The van der Waals surface area contributed by atoms with Crippen LogP contribution in [0, 0.1) is 5.92 Å². The Labute approximate surface area is 203 Å². The number of rotatable bonds is 6. The summed E-state index contributed by atoms with van der Waals surface area (Å²) in [6.45, 7) is 2.75. The highest BCUT2D eigenvalue weighted by Crippen LogP contribution is 2.37. The average Bonchev–Trinajstić information content (AvgIpc) is 3.61. The Kier molecular flexibility index (Phi) is 5.56. The van der Waals surface area contributed by atoms with Gasteiger partial charge in [0, 0.05) is 30.9 Å². The van der Waals surface area contributed by atoms with Crippen LogP contribution in [0.4, 0.5) is 5.69 Å². The Balaban J connectivity index is 1.18. The van der Waals surface area contributed by atoms with Gasteiger partial charge >= 0.3 is 0 Å². The van der Waals surface area contributed by atoms with Gasteiger partial charge in [0.2, 0.25) is 5.90 Å². The monoisotopic (exact) mass is 472 g/mol. The van der Waals surface area contributed by atoms with E-state index in [0.717, 1.165) is 48.6 Å². The molecule has 0 bridgehead atoms. The number of imidazole rings is 1. The fourth-order valence-electron chi connectivity index (χ4n) is 4.79. The average molecular weight is 473 g/mol. The zero-order valence-electron chi connectivity index (χ0n) is 19.9. The van der Waals surface area contributed by atoms with Crippen molar-refractivity contribution >= 4 is 22.6 Å². The molecule has 0 amide bonds. The molecule has 1 saturated heterocycles. The van der Waals surface area contributed by atoms with Gasteiger partial charge in [0.1, 0.15) is 28.6 Å². The molecule has 2 aromatic carbocycles. The highest BCUT2D eigenvalue weighted by Gasteiger charge is 2.23. The molecule has 0 N–H and O–H groups in total. The van der Waals surface area contributed by atoms with Crippen LogP contribution in [-0.2, 0) is 11.2 Å². The first-order chi connectivity index (χ1) is 17.2. The van der Waals surface area contributed by atoms with Crippen molar-refractivity contribution in [3.63, 3.8) is 0 Å². The molecule has 0 saturated carbocycles. The van der Waals surface area contributed by atoms with Gasteiger partial charge in [-0.3, -0.25) is 0 Å². The van der Waals surface area contributed by atoms with E-state index < -0.39 is 0 Å². The zero-order valence-corrected chi connectivity index (χ0v) is 19.9. The summed E-state index contributed by atoms with van der Waals surface area (Å²) >= 11 is 0. The molecular formula is C27H28N4O4. The maximum absolute atomic E-state index is 6.36. The van der Waals surface area contributed by atoms with Gasteiger partial charge in [0.05, 0.1) is 38.8 Å². The number of hydrogen-bond donors (Lipinski definition) is 0. The highest BCUT2D eigenvalue weighted by molar-refractivity contribution is 5.89. The van der Waals surface area contributed by atoms with Crippen molar-refractivity contribution in [2.75, 3.05) is 38.8 Å². The number of ether oxygens (including phenoxy) is 3. The van der Waals surface area contributed by atoms with E-state index in [1.165, 1.54) is 5.69 Å². The summed E-state index contributed by atoms with van der Waals surface area (Å²) in [5.74, 6) is 4.13. The molecule has 2 aromatic heterocycles. The minimum Gasteiger partial charge on any atom is -0.496 e. The Bertz CT molecular complexity index is 1370. The molecule has 4 heterocycles. The Hall–Kier alpha value is -3.94. The second kappa shape index (κ2) is 9.02. The molecule has 6 rings (SSSR count). The van der Waals surface area contributed by atoms with E-state index in [4.69, 9.17) is 18.6 Å². The molecule has 4 aromatic rings. The van der Waals surface area contributed by atoms with Crippen molar-refractivity contribution in [2.45, 2.75) is 19.3 Å². The summed E-state index contributed by atoms with van der Waals surface area (Å²) in [5, 5.41) is 5.29. The summed E-state index contributed by atoms with van der Waals surface area (Å²) in [5.41, 5.74) is 2.73. The molecule has 0 spiro atoms. The number of fused-ring (bicyclic) bond motifs is 2. The Morgan fingerprint density at radius 1 is 1.03 bits per heavy atom. The number of para-hydroxylation sites is 1. The molecule has 180 valence electrons. The predicted molar refractivity (Wildman–Crippen MR) is 134 cm³/mol. The van der Waals surface area contributed by atoms with Crippen LogP contribution in [0.5, 0.6) is 11.5 Å². The topological polar surface area (TPSA) is 74.2 Å². The zero-order chi connectivity index (χ0) is 23.8. The van der Waals surface area contributed by atoms with Crippen molar-refractivity contribution in [3.8, 4) is 23.0 Å². The van der Waals surface area contributed by atoms with Crippen LogP contribution in [0.25, 0.3) is 22.4 Å². The summed E-state index contributed by atoms with van der Waals surface area (Å²) in [6.07, 6.45) is 4.63. The van der Waals surface area contributed by atoms with E-state index in [1.54, 1.807) is 18.9 Å². The van der Waals surface area contributed by atoms with E-state index in [1.807, 2.05) is 24.4 Å². The van der Waals surface area contributed by atoms with Crippen LogP contribution in [-0.4, -0.2) is 49.5 Å². The number of aromatic nitrogens is 2. The van der Waals surface area contributed by atoms with Crippen LogP contribution in [0.3, 0.4) is 0 Å². The first-order valence-electron chi connectivity index (χ1n) is 11.9. The van der Waals surface area contributed by atoms with Crippen molar-refractivity contribution in [1.29, 1.82) is 0 Å². The number of furan rings is 1. The molecule has 8 heteroatoms. The molecule has 2 aliphatic heterocycles. The SMILES string of the molecule is COC1=Nn2cc(-c3cc4c(OCC5CCN(c6ccccc6)CC5)cc(OC)cc4o3)nc2C1. The van der Waals surface area contributed by atoms with Gasteiger partial charge in [-0.2, -0.15) is 0 Å². The quantitative estimate of drug-likeness (QED) is 0.395. The van der Waals surface area contributed by atoms with E-state index in [-0.39, 0.29) is 0 Å². The number of piperidine rings is 1. The van der Waals surface area contributed by atoms with Crippen LogP contribution < -0.4 is 14.4 Å². The largest absolute Gasteiger partial charge is 0.496 e. The minimum absolute atomic E-state index is 0.506. The first kappa shape index (κ1) is 21.6. The van der Waals surface area contributed by atoms with Gasteiger partial charge in [-0.05, 0) is 37.0 Å². The number of nitrogens with zero attached hydrogens (tertiary/aromatic N) is 4. The standard InChI is InChI=1S/C27H28N4O4/c1-32-20-12-23(34-17-18-8-10-30(11-9-18)19-6-4-3-5-7-19)21-14-25(35-24(21)13-20)22-16-31-26(28-22)15-27(29-31)33-2/h3-7,12-14,16,18H,8-11,15,17H2,1-2H3. The predicted octanol–water partition coefficient (Wildman–Crippen LogP) is 4.96. The van der Waals surface area contributed by atoms with Crippen molar-refractivity contribution in [1.82, 2.24) is 9.66 Å². The van der Waals surface area contributed by atoms with E-state index in [9.17, 15) is 0 Å². The Morgan fingerprint density at radius 3 is 2.60 bits per heavy atom. The lowest BCUT2D eigenvalue weighted by atomic mass is 9.97.